The summed E-state index contributed by atoms with van der Waals surface area (Å²) in [6.07, 6.45) is 7.99. The summed E-state index contributed by atoms with van der Waals surface area (Å²) in [5.74, 6) is 0.666. The van der Waals surface area contributed by atoms with Crippen LogP contribution in [0, 0.1) is 0 Å². The van der Waals surface area contributed by atoms with Gasteiger partial charge in [-0.05, 0) is 38.2 Å². The van der Waals surface area contributed by atoms with Gasteiger partial charge in [0.2, 0.25) is 5.88 Å². The maximum atomic E-state index is 10.8. The van der Waals surface area contributed by atoms with Gasteiger partial charge in [0, 0.05) is 11.6 Å². The Morgan fingerprint density at radius 3 is 2.76 bits per heavy atom. The lowest BCUT2D eigenvalue weighted by Gasteiger charge is -2.22. The van der Waals surface area contributed by atoms with E-state index in [2.05, 4.69) is 4.98 Å². The zero-order valence-electron chi connectivity index (χ0n) is 10.3. The van der Waals surface area contributed by atoms with Crippen molar-refractivity contribution in [3.63, 3.8) is 0 Å². The predicted molar refractivity (Wildman–Crippen MR) is 66.5 cm³/mol. The molecule has 0 spiro atoms. The molecule has 0 saturated heterocycles. The van der Waals surface area contributed by atoms with Crippen LogP contribution >= 0.6 is 0 Å². The maximum Gasteiger partial charge on any atom is 0.213 e. The first kappa shape index (κ1) is 12.1. The molecular weight excluding hydrogens is 214 g/mol. The molecule has 1 aliphatic rings. The summed E-state index contributed by atoms with van der Waals surface area (Å²) in [6, 6.07) is 3.61. The second-order valence-corrected chi connectivity index (χ2v) is 4.53. The SMILES string of the molecule is CCc1nc(OC2CCCCC2)ccc1C=O. The minimum Gasteiger partial charge on any atom is -0.474 e. The molecule has 1 saturated carbocycles. The van der Waals surface area contributed by atoms with Gasteiger partial charge in [-0.1, -0.05) is 13.3 Å². The number of nitrogens with zero attached hydrogens (tertiary/aromatic N) is 1. The topological polar surface area (TPSA) is 39.2 Å². The van der Waals surface area contributed by atoms with Crippen molar-refractivity contribution < 1.29 is 9.53 Å². The van der Waals surface area contributed by atoms with Crippen LogP contribution in [0.2, 0.25) is 0 Å². The van der Waals surface area contributed by atoms with Crippen molar-refractivity contribution in [2.75, 3.05) is 0 Å². The number of aromatic nitrogens is 1. The van der Waals surface area contributed by atoms with Gasteiger partial charge in [0.1, 0.15) is 6.10 Å². The molecule has 0 aromatic carbocycles. The van der Waals surface area contributed by atoms with E-state index in [4.69, 9.17) is 4.74 Å². The number of hydrogen-bond donors (Lipinski definition) is 0. The highest BCUT2D eigenvalue weighted by Gasteiger charge is 2.15. The van der Waals surface area contributed by atoms with Crippen LogP contribution in [0.4, 0.5) is 0 Å². The average Bonchev–Trinajstić information content (AvgIpc) is 2.40. The molecule has 1 aliphatic carbocycles. The van der Waals surface area contributed by atoms with E-state index in [1.807, 2.05) is 6.92 Å². The Morgan fingerprint density at radius 2 is 2.12 bits per heavy atom. The van der Waals surface area contributed by atoms with Gasteiger partial charge in [-0.25, -0.2) is 4.98 Å². The Morgan fingerprint density at radius 1 is 1.35 bits per heavy atom. The lowest BCUT2D eigenvalue weighted by Crippen LogP contribution is -2.20. The largest absolute Gasteiger partial charge is 0.474 e. The molecule has 1 heterocycles. The molecule has 3 heteroatoms. The fourth-order valence-electron chi connectivity index (χ4n) is 2.30. The lowest BCUT2D eigenvalue weighted by atomic mass is 9.98. The van der Waals surface area contributed by atoms with Gasteiger partial charge in [0.15, 0.2) is 6.29 Å². The number of hydrogen-bond acceptors (Lipinski definition) is 3. The fourth-order valence-corrected chi connectivity index (χ4v) is 2.30. The van der Waals surface area contributed by atoms with Crippen LogP contribution in [0.5, 0.6) is 5.88 Å². The first-order chi connectivity index (χ1) is 8.33. The van der Waals surface area contributed by atoms with E-state index in [0.29, 0.717) is 17.5 Å². The van der Waals surface area contributed by atoms with Crippen LogP contribution < -0.4 is 4.74 Å². The summed E-state index contributed by atoms with van der Waals surface area (Å²) in [4.78, 5) is 15.2. The van der Waals surface area contributed by atoms with Crippen molar-refractivity contribution in [2.24, 2.45) is 0 Å². The average molecular weight is 233 g/mol. The highest BCUT2D eigenvalue weighted by molar-refractivity contribution is 5.76. The van der Waals surface area contributed by atoms with Crippen molar-refractivity contribution in [1.29, 1.82) is 0 Å². The molecule has 17 heavy (non-hydrogen) atoms. The van der Waals surface area contributed by atoms with Gasteiger partial charge < -0.3 is 4.74 Å². The molecule has 92 valence electrons. The Balaban J connectivity index is 2.07. The zero-order valence-corrected chi connectivity index (χ0v) is 10.3. The van der Waals surface area contributed by atoms with Gasteiger partial charge in [0.05, 0.1) is 5.69 Å². The van der Waals surface area contributed by atoms with Gasteiger partial charge in [-0.3, -0.25) is 4.79 Å². The third-order valence-corrected chi connectivity index (χ3v) is 3.29. The van der Waals surface area contributed by atoms with Crippen LogP contribution in [-0.2, 0) is 6.42 Å². The molecule has 1 fully saturated rings. The molecule has 0 N–H and O–H groups in total. The molecule has 1 aromatic rings. The van der Waals surface area contributed by atoms with E-state index in [1.165, 1.54) is 19.3 Å². The summed E-state index contributed by atoms with van der Waals surface area (Å²) in [6.45, 7) is 2.00. The van der Waals surface area contributed by atoms with E-state index in [1.54, 1.807) is 12.1 Å². The first-order valence-corrected chi connectivity index (χ1v) is 6.45. The van der Waals surface area contributed by atoms with Crippen molar-refractivity contribution in [1.82, 2.24) is 4.98 Å². The number of rotatable bonds is 4. The summed E-state index contributed by atoms with van der Waals surface area (Å²) in [5.41, 5.74) is 1.50. The molecule has 0 atom stereocenters. The second-order valence-electron chi connectivity index (χ2n) is 4.53. The number of carbonyl (C=O) groups is 1. The summed E-state index contributed by atoms with van der Waals surface area (Å²) >= 11 is 0. The molecular formula is C14H19NO2. The van der Waals surface area contributed by atoms with E-state index in [0.717, 1.165) is 31.2 Å². The number of carbonyl (C=O) groups excluding carboxylic acids is 1. The zero-order chi connectivity index (χ0) is 12.1. The molecule has 1 aromatic heterocycles. The summed E-state index contributed by atoms with van der Waals surface area (Å²) in [5, 5.41) is 0. The summed E-state index contributed by atoms with van der Waals surface area (Å²) < 4.78 is 5.87. The fraction of sp³-hybridized carbons (Fsp3) is 0.571. The maximum absolute atomic E-state index is 10.8. The van der Waals surface area contributed by atoms with E-state index >= 15 is 0 Å². The van der Waals surface area contributed by atoms with Gasteiger partial charge in [-0.15, -0.1) is 0 Å². The number of pyridine rings is 1. The van der Waals surface area contributed by atoms with Gasteiger partial charge in [0.25, 0.3) is 0 Å². The van der Waals surface area contributed by atoms with Crippen molar-refractivity contribution in [3.8, 4) is 5.88 Å². The Hall–Kier alpha value is -1.38. The third-order valence-electron chi connectivity index (χ3n) is 3.29. The normalized spacial score (nSPS) is 16.8. The molecule has 0 radical (unpaired) electrons. The number of aldehydes is 1. The third kappa shape index (κ3) is 3.05. The standard InChI is InChI=1S/C14H19NO2/c1-2-13-11(10-16)8-9-14(15-13)17-12-6-4-3-5-7-12/h8-10,12H,2-7H2,1H3. The van der Waals surface area contributed by atoms with Crippen LogP contribution in [0.15, 0.2) is 12.1 Å². The smallest absolute Gasteiger partial charge is 0.213 e. The molecule has 2 rings (SSSR count). The Kier molecular flexibility index (Phi) is 4.13. The highest BCUT2D eigenvalue weighted by atomic mass is 16.5. The summed E-state index contributed by atoms with van der Waals surface area (Å²) in [7, 11) is 0. The van der Waals surface area contributed by atoms with Crippen molar-refractivity contribution in [2.45, 2.75) is 51.6 Å². The first-order valence-electron chi connectivity index (χ1n) is 6.45. The van der Waals surface area contributed by atoms with Crippen LogP contribution in [-0.4, -0.2) is 17.4 Å². The van der Waals surface area contributed by atoms with Gasteiger partial charge in [-0.2, -0.15) is 0 Å². The molecule has 0 aliphatic heterocycles. The molecule has 0 amide bonds. The molecule has 3 nitrogen and oxygen atoms in total. The van der Waals surface area contributed by atoms with Crippen LogP contribution in [0.3, 0.4) is 0 Å². The van der Waals surface area contributed by atoms with Crippen molar-refractivity contribution >= 4 is 6.29 Å². The minimum atomic E-state index is 0.308. The number of aryl methyl sites for hydroxylation is 1. The van der Waals surface area contributed by atoms with E-state index in [-0.39, 0.29) is 0 Å². The van der Waals surface area contributed by atoms with Crippen LogP contribution in [0.25, 0.3) is 0 Å². The van der Waals surface area contributed by atoms with Gasteiger partial charge >= 0.3 is 0 Å². The van der Waals surface area contributed by atoms with Crippen molar-refractivity contribution in [3.05, 3.63) is 23.4 Å². The van der Waals surface area contributed by atoms with E-state index in [9.17, 15) is 4.79 Å². The Labute approximate surface area is 102 Å². The minimum absolute atomic E-state index is 0.308. The van der Waals surface area contributed by atoms with E-state index < -0.39 is 0 Å². The predicted octanol–water partition coefficient (Wildman–Crippen LogP) is 3.17. The monoisotopic (exact) mass is 233 g/mol. The molecule has 0 bridgehead atoms. The Bertz CT molecular complexity index is 384. The quantitative estimate of drug-likeness (QED) is 0.750. The molecule has 0 unspecified atom stereocenters. The lowest BCUT2D eigenvalue weighted by molar-refractivity contribution is 0.112. The second kappa shape index (κ2) is 5.80. The highest BCUT2D eigenvalue weighted by Crippen LogP contribution is 2.22. The number of ether oxygens (including phenoxy) is 1. The van der Waals surface area contributed by atoms with Crippen LogP contribution in [0.1, 0.15) is 55.1 Å².